The molecule has 0 aliphatic carbocycles. The second kappa shape index (κ2) is 22.9. The van der Waals surface area contributed by atoms with Crippen LogP contribution < -0.4 is 0 Å². The van der Waals surface area contributed by atoms with Gasteiger partial charge < -0.3 is 4.74 Å². The first-order chi connectivity index (χ1) is 10.3. The van der Waals surface area contributed by atoms with Gasteiger partial charge in [0.15, 0.2) is 0 Å². The van der Waals surface area contributed by atoms with E-state index in [-0.39, 0.29) is 11.7 Å². The normalized spacial score (nSPS) is 9.90. The van der Waals surface area contributed by atoms with Crippen molar-refractivity contribution in [3.8, 4) is 0 Å². The van der Waals surface area contributed by atoms with Gasteiger partial charge in [-0.25, -0.2) is 0 Å². The summed E-state index contributed by atoms with van der Waals surface area (Å²) >= 11 is 5.21. The van der Waals surface area contributed by atoms with Gasteiger partial charge in [0, 0.05) is 0 Å². The zero-order valence-electron chi connectivity index (χ0n) is 14.2. The number of hydrogen-bond acceptors (Lipinski definition) is 3. The van der Waals surface area contributed by atoms with Crippen molar-refractivity contribution < 1.29 is 9.53 Å². The summed E-state index contributed by atoms with van der Waals surface area (Å²) in [5.41, 5.74) is 0. The van der Waals surface area contributed by atoms with E-state index in [1.165, 1.54) is 93.2 Å². The van der Waals surface area contributed by atoms with Crippen molar-refractivity contribution in [3.05, 3.63) is 0 Å². The predicted octanol–water partition coefficient (Wildman–Crippen LogP) is 5.10. The average Bonchev–Trinajstić information content (AvgIpc) is 2.53. The van der Waals surface area contributed by atoms with Gasteiger partial charge in [-0.15, -0.1) is 0 Å². The van der Waals surface area contributed by atoms with Crippen molar-refractivity contribution in [2.45, 2.75) is 88.9 Å². The molecule has 0 atom stereocenters. The predicted molar refractivity (Wildman–Crippen MR) is 98.9 cm³/mol. The molecule has 21 heavy (non-hydrogen) atoms. The Bertz CT molecular complexity index is 201. The van der Waals surface area contributed by atoms with Crippen LogP contribution in [0.15, 0.2) is 0 Å². The van der Waals surface area contributed by atoms with Crippen molar-refractivity contribution in [1.82, 2.24) is 0 Å². The number of carbonyl (C=O) groups excluding carboxylic acids is 1. The Kier molecular flexibility index (Phi) is 26.0. The summed E-state index contributed by atoms with van der Waals surface area (Å²) in [4.78, 5) is 12.9. The zero-order chi connectivity index (χ0) is 16.2. The Morgan fingerprint density at radius 2 is 1.19 bits per heavy atom. The molecule has 0 saturated heterocycles. The van der Waals surface area contributed by atoms with Gasteiger partial charge in [-0.2, -0.15) is 12.6 Å². The minimum absolute atomic E-state index is 0.193. The second-order valence-electron chi connectivity index (χ2n) is 5.27. The first-order valence-electron chi connectivity index (χ1n) is 8.65. The van der Waals surface area contributed by atoms with E-state index in [2.05, 4.69) is 24.5 Å². The second-order valence-corrected chi connectivity index (χ2v) is 5.58. The molecule has 4 heteroatoms. The molecule has 0 aromatic carbocycles. The van der Waals surface area contributed by atoms with E-state index in [4.69, 9.17) is 4.74 Å². The molecule has 0 heterocycles. The van der Waals surface area contributed by atoms with Gasteiger partial charge in [0.2, 0.25) is 0 Å². The number of thiol groups is 1. The molecule has 0 amide bonds. The quantitative estimate of drug-likeness (QED) is 0.182. The Balaban J connectivity index is 0. The first kappa shape index (κ1) is 23.9. The van der Waals surface area contributed by atoms with E-state index in [0.717, 1.165) is 6.42 Å². The third kappa shape index (κ3) is 23.0. The van der Waals surface area contributed by atoms with E-state index in [0.29, 0.717) is 6.61 Å². The number of unbranched alkanes of at least 4 members (excludes halogenated alkanes) is 11. The summed E-state index contributed by atoms with van der Waals surface area (Å²) < 4.78 is 4.97. The van der Waals surface area contributed by atoms with Crippen LogP contribution in [0.5, 0.6) is 0 Å². The molecule has 2 nitrogen and oxygen atoms in total. The van der Waals surface area contributed by atoms with Gasteiger partial charge in [0.25, 0.3) is 0 Å². The zero-order valence-corrected chi connectivity index (χ0v) is 18.4. The number of esters is 1. The van der Waals surface area contributed by atoms with Crippen LogP contribution in [-0.2, 0) is 9.53 Å². The molecule has 0 aliphatic heterocycles. The van der Waals surface area contributed by atoms with E-state index < -0.39 is 0 Å². The molecule has 0 rings (SSSR count). The summed E-state index contributed by atoms with van der Waals surface area (Å²) in [6, 6.07) is 0. The van der Waals surface area contributed by atoms with Crippen LogP contribution in [0.2, 0.25) is 4.94 Å². The first-order valence-corrected chi connectivity index (χ1v) is 12.6. The Morgan fingerprint density at radius 3 is 1.57 bits per heavy atom. The van der Waals surface area contributed by atoms with Crippen LogP contribution in [-0.4, -0.2) is 40.9 Å². The van der Waals surface area contributed by atoms with Crippen molar-refractivity contribution in [1.29, 1.82) is 0 Å². The molecule has 0 bridgehead atoms. The molecular weight excluding hydrogens is 387 g/mol. The third-order valence-electron chi connectivity index (χ3n) is 3.39. The van der Waals surface area contributed by atoms with Crippen LogP contribution >= 0.6 is 12.6 Å². The molecule has 0 saturated carbocycles. The van der Waals surface area contributed by atoms with Crippen molar-refractivity contribution in [2.24, 2.45) is 0 Å². The van der Waals surface area contributed by atoms with Crippen LogP contribution in [0.25, 0.3) is 0 Å². The van der Waals surface area contributed by atoms with Crippen molar-refractivity contribution in [3.63, 3.8) is 0 Å². The van der Waals surface area contributed by atoms with E-state index >= 15 is 0 Å². The molecule has 0 fully saturated rings. The Morgan fingerprint density at radius 1 is 0.810 bits per heavy atom. The Labute approximate surface area is 151 Å². The van der Waals surface area contributed by atoms with E-state index in [1.807, 2.05) is 0 Å². The van der Waals surface area contributed by atoms with Gasteiger partial charge >= 0.3 is 33.4 Å². The summed E-state index contributed by atoms with van der Waals surface area (Å²) in [7, 11) is 0. The summed E-state index contributed by atoms with van der Waals surface area (Å²) in [6.45, 7) is 2.83. The standard InChI is InChI=1S/C16H32O2S.CH3.Sn.H/c1-2-3-4-5-6-7-8-9-10-11-12-13-14-18-16(17)15-19;;;/h19H,2-15H2,1H3;1H3;;. The molecule has 0 aromatic rings. The molecule has 126 valence electrons. The SMILES string of the molecule is CCCCCCCCCCCCCCOC(=O)CS.[CH3][SnH]. The molecule has 2 radical (unpaired) electrons. The van der Waals surface area contributed by atoms with Crippen molar-refractivity contribution in [2.75, 3.05) is 12.4 Å². The number of ether oxygens (including phenoxy) is 1. The minimum atomic E-state index is -0.202. The molecular formula is C17H36O2SSn. The molecule has 0 aliphatic rings. The third-order valence-corrected chi connectivity index (χ3v) is 3.65. The van der Waals surface area contributed by atoms with Crippen LogP contribution in [0.3, 0.4) is 0 Å². The summed E-state index contributed by atoms with van der Waals surface area (Å²) in [5, 5.41) is 0. The molecule has 0 spiro atoms. The fourth-order valence-electron chi connectivity index (χ4n) is 2.17. The fraction of sp³-hybridized carbons (Fsp3) is 0.941. The summed E-state index contributed by atoms with van der Waals surface area (Å²) in [5.74, 6) is -0.00969. The number of hydrogen-bond donors (Lipinski definition) is 1. The van der Waals surface area contributed by atoms with E-state index in [1.54, 1.807) is 0 Å². The summed E-state index contributed by atoms with van der Waals surface area (Å²) in [6.07, 6.45) is 15.9. The van der Waals surface area contributed by atoms with Gasteiger partial charge in [0.05, 0.1) is 12.4 Å². The van der Waals surface area contributed by atoms with Crippen LogP contribution in [0.4, 0.5) is 0 Å². The van der Waals surface area contributed by atoms with Gasteiger partial charge in [-0.1, -0.05) is 77.6 Å². The molecule has 0 unspecified atom stereocenters. The van der Waals surface area contributed by atoms with Gasteiger partial charge in [0.1, 0.15) is 0 Å². The van der Waals surface area contributed by atoms with Gasteiger partial charge in [-0.3, -0.25) is 4.79 Å². The number of rotatable bonds is 14. The van der Waals surface area contributed by atoms with Gasteiger partial charge in [-0.05, 0) is 6.42 Å². The molecule has 0 N–H and O–H groups in total. The Hall–Kier alpha value is 0.619. The fourth-order valence-corrected chi connectivity index (χ4v) is 2.27. The molecule has 0 aromatic heterocycles. The number of carbonyl (C=O) groups is 1. The van der Waals surface area contributed by atoms with Crippen LogP contribution in [0, 0.1) is 0 Å². The monoisotopic (exact) mass is 424 g/mol. The van der Waals surface area contributed by atoms with Crippen LogP contribution in [0.1, 0.15) is 84.0 Å². The average molecular weight is 423 g/mol. The van der Waals surface area contributed by atoms with E-state index in [9.17, 15) is 4.79 Å². The maximum atomic E-state index is 10.8. The topological polar surface area (TPSA) is 26.3 Å². The maximum absolute atomic E-state index is 10.8. The van der Waals surface area contributed by atoms with Crippen molar-refractivity contribution >= 4 is 41.1 Å².